The predicted octanol–water partition coefficient (Wildman–Crippen LogP) is 1.97. The van der Waals surface area contributed by atoms with Crippen molar-refractivity contribution < 1.29 is 8.42 Å². The minimum atomic E-state index is -3.62. The molecule has 17 heavy (non-hydrogen) atoms. The summed E-state index contributed by atoms with van der Waals surface area (Å²) in [6.07, 6.45) is 0. The van der Waals surface area contributed by atoms with Crippen LogP contribution in [0.5, 0.6) is 0 Å². The number of halogens is 1. The molecule has 1 rings (SSSR count). The SMILES string of the molecule is CC(C)(C)NS(=O)(=O)Nc1ccc(Cl)c(N)c1. The maximum atomic E-state index is 11.7. The summed E-state index contributed by atoms with van der Waals surface area (Å²) in [5.41, 5.74) is 5.71. The monoisotopic (exact) mass is 277 g/mol. The molecule has 0 unspecified atom stereocenters. The topological polar surface area (TPSA) is 84.2 Å². The van der Waals surface area contributed by atoms with E-state index in [9.17, 15) is 8.42 Å². The molecule has 1 aromatic rings. The molecule has 1 aromatic carbocycles. The number of benzene rings is 1. The lowest BCUT2D eigenvalue weighted by Gasteiger charge is -2.21. The highest BCUT2D eigenvalue weighted by Crippen LogP contribution is 2.22. The predicted molar refractivity (Wildman–Crippen MR) is 71.3 cm³/mol. The van der Waals surface area contributed by atoms with E-state index in [1.54, 1.807) is 26.8 Å². The molecule has 0 aromatic heterocycles. The van der Waals surface area contributed by atoms with Crippen molar-refractivity contribution in [2.75, 3.05) is 10.5 Å². The third-order valence-corrected chi connectivity index (χ3v) is 3.42. The number of nitrogens with one attached hydrogen (secondary N) is 2. The Balaban J connectivity index is 2.87. The first kappa shape index (κ1) is 14.1. The molecule has 7 heteroatoms. The largest absolute Gasteiger partial charge is 0.397 e. The fourth-order valence-electron chi connectivity index (χ4n) is 1.19. The van der Waals surface area contributed by atoms with Gasteiger partial charge in [0.25, 0.3) is 10.2 Å². The van der Waals surface area contributed by atoms with Gasteiger partial charge in [-0.05, 0) is 39.0 Å². The van der Waals surface area contributed by atoms with Crippen LogP contribution in [0.3, 0.4) is 0 Å². The van der Waals surface area contributed by atoms with E-state index in [2.05, 4.69) is 9.44 Å². The number of anilines is 2. The van der Waals surface area contributed by atoms with E-state index in [1.165, 1.54) is 12.1 Å². The molecule has 0 fully saturated rings. The van der Waals surface area contributed by atoms with Crippen LogP contribution in [0.15, 0.2) is 18.2 Å². The minimum absolute atomic E-state index is 0.322. The molecular formula is C10H16ClN3O2S. The molecule has 0 heterocycles. The summed E-state index contributed by atoms with van der Waals surface area (Å²) in [5.74, 6) is 0. The quantitative estimate of drug-likeness (QED) is 0.739. The Morgan fingerprint density at radius 3 is 2.35 bits per heavy atom. The van der Waals surface area contributed by atoms with Gasteiger partial charge >= 0.3 is 0 Å². The van der Waals surface area contributed by atoms with Crippen molar-refractivity contribution in [3.8, 4) is 0 Å². The molecule has 0 saturated heterocycles. The van der Waals surface area contributed by atoms with E-state index in [1.807, 2.05) is 0 Å². The van der Waals surface area contributed by atoms with E-state index in [0.29, 0.717) is 16.4 Å². The normalized spacial score (nSPS) is 12.5. The highest BCUT2D eigenvalue weighted by atomic mass is 35.5. The number of hydrogen-bond donors (Lipinski definition) is 3. The molecule has 0 amide bonds. The molecule has 0 radical (unpaired) electrons. The molecule has 0 spiro atoms. The summed E-state index contributed by atoms with van der Waals surface area (Å²) in [7, 11) is -3.62. The molecule has 0 aliphatic heterocycles. The molecular weight excluding hydrogens is 262 g/mol. The first-order valence-corrected chi connectivity index (χ1v) is 6.82. The van der Waals surface area contributed by atoms with E-state index in [-0.39, 0.29) is 0 Å². The fraction of sp³-hybridized carbons (Fsp3) is 0.400. The second-order valence-corrected chi connectivity index (χ2v) is 6.52. The minimum Gasteiger partial charge on any atom is -0.397 e. The lowest BCUT2D eigenvalue weighted by Crippen LogP contribution is -2.43. The van der Waals surface area contributed by atoms with E-state index in [0.717, 1.165) is 0 Å². The van der Waals surface area contributed by atoms with E-state index in [4.69, 9.17) is 17.3 Å². The maximum Gasteiger partial charge on any atom is 0.299 e. The van der Waals surface area contributed by atoms with Crippen LogP contribution in [0.25, 0.3) is 0 Å². The van der Waals surface area contributed by atoms with Crippen molar-refractivity contribution in [3.63, 3.8) is 0 Å². The number of nitrogens with two attached hydrogens (primary N) is 1. The van der Waals surface area contributed by atoms with Crippen LogP contribution in [-0.4, -0.2) is 14.0 Å². The summed E-state index contributed by atoms with van der Waals surface area (Å²) in [6.45, 7) is 5.26. The van der Waals surface area contributed by atoms with Crippen molar-refractivity contribution in [1.82, 2.24) is 4.72 Å². The second kappa shape index (κ2) is 4.72. The zero-order valence-corrected chi connectivity index (χ0v) is 11.5. The van der Waals surface area contributed by atoms with Crippen molar-refractivity contribution in [2.24, 2.45) is 0 Å². The van der Waals surface area contributed by atoms with Crippen LogP contribution >= 0.6 is 11.6 Å². The Labute approximate surface area is 107 Å². The zero-order valence-electron chi connectivity index (χ0n) is 9.91. The van der Waals surface area contributed by atoms with Crippen LogP contribution in [-0.2, 0) is 10.2 Å². The Morgan fingerprint density at radius 1 is 1.29 bits per heavy atom. The summed E-state index contributed by atoms with van der Waals surface area (Å²) < 4.78 is 28.3. The molecule has 5 nitrogen and oxygen atoms in total. The smallest absolute Gasteiger partial charge is 0.299 e. The van der Waals surface area contributed by atoms with E-state index >= 15 is 0 Å². The van der Waals surface area contributed by atoms with Gasteiger partial charge in [0.05, 0.1) is 16.4 Å². The van der Waals surface area contributed by atoms with Crippen LogP contribution in [0.2, 0.25) is 5.02 Å². The first-order chi connectivity index (χ1) is 7.59. The van der Waals surface area contributed by atoms with Gasteiger partial charge in [0.2, 0.25) is 0 Å². The van der Waals surface area contributed by atoms with Gasteiger partial charge in [0.1, 0.15) is 0 Å². The lowest BCUT2D eigenvalue weighted by atomic mass is 10.1. The average molecular weight is 278 g/mol. The average Bonchev–Trinajstić information content (AvgIpc) is 2.06. The second-order valence-electron chi connectivity index (χ2n) is 4.69. The van der Waals surface area contributed by atoms with Gasteiger partial charge in [-0.1, -0.05) is 11.6 Å². The number of nitrogen functional groups attached to an aromatic ring is 1. The van der Waals surface area contributed by atoms with Crippen LogP contribution in [0.4, 0.5) is 11.4 Å². The van der Waals surface area contributed by atoms with Crippen molar-refractivity contribution in [3.05, 3.63) is 23.2 Å². The van der Waals surface area contributed by atoms with Crippen molar-refractivity contribution >= 4 is 33.2 Å². The maximum absolute atomic E-state index is 11.7. The van der Waals surface area contributed by atoms with Gasteiger partial charge in [-0.3, -0.25) is 4.72 Å². The standard InChI is InChI=1S/C10H16ClN3O2S/c1-10(2,3)14-17(15,16)13-7-4-5-8(11)9(12)6-7/h4-6,13-14H,12H2,1-3H3. The van der Waals surface area contributed by atoms with Crippen LogP contribution < -0.4 is 15.2 Å². The molecule has 0 aliphatic rings. The van der Waals surface area contributed by atoms with Gasteiger partial charge in [-0.25, -0.2) is 0 Å². The first-order valence-electron chi connectivity index (χ1n) is 4.96. The molecule has 0 bridgehead atoms. The van der Waals surface area contributed by atoms with Crippen LogP contribution in [0, 0.1) is 0 Å². The summed E-state index contributed by atoms with van der Waals surface area (Å²) in [6, 6.07) is 4.54. The molecule has 0 aliphatic carbocycles. The number of hydrogen-bond acceptors (Lipinski definition) is 3. The Kier molecular flexibility index (Phi) is 3.91. The van der Waals surface area contributed by atoms with Crippen LogP contribution in [0.1, 0.15) is 20.8 Å². The van der Waals surface area contributed by atoms with Gasteiger partial charge in [-0.15, -0.1) is 0 Å². The Hall–Kier alpha value is -0.980. The number of rotatable bonds is 3. The van der Waals surface area contributed by atoms with Gasteiger partial charge in [0, 0.05) is 5.54 Å². The third-order valence-electron chi connectivity index (χ3n) is 1.69. The molecule has 4 N–H and O–H groups in total. The van der Waals surface area contributed by atoms with Crippen molar-refractivity contribution in [1.29, 1.82) is 0 Å². The Bertz CT molecular complexity index is 509. The highest BCUT2D eigenvalue weighted by molar-refractivity contribution is 7.90. The zero-order chi connectivity index (χ0) is 13.3. The van der Waals surface area contributed by atoms with Gasteiger partial charge in [0.15, 0.2) is 0 Å². The highest BCUT2D eigenvalue weighted by Gasteiger charge is 2.19. The summed E-state index contributed by atoms with van der Waals surface area (Å²) >= 11 is 5.74. The Morgan fingerprint density at radius 2 is 1.88 bits per heavy atom. The summed E-state index contributed by atoms with van der Waals surface area (Å²) in [5, 5.41) is 0.386. The van der Waals surface area contributed by atoms with E-state index < -0.39 is 15.7 Å². The van der Waals surface area contributed by atoms with Gasteiger partial charge in [-0.2, -0.15) is 13.1 Å². The molecule has 0 saturated carbocycles. The molecule has 0 atom stereocenters. The summed E-state index contributed by atoms with van der Waals surface area (Å²) in [4.78, 5) is 0. The van der Waals surface area contributed by atoms with Gasteiger partial charge < -0.3 is 5.73 Å². The molecule has 96 valence electrons. The lowest BCUT2D eigenvalue weighted by molar-refractivity contribution is 0.494. The van der Waals surface area contributed by atoms with Crippen molar-refractivity contribution in [2.45, 2.75) is 26.3 Å². The third kappa shape index (κ3) is 4.80. The fourth-order valence-corrected chi connectivity index (χ4v) is 2.60.